The van der Waals surface area contributed by atoms with Crippen LogP contribution < -0.4 is 9.47 Å². The molecule has 2 fully saturated rings. The first-order chi connectivity index (χ1) is 15.9. The van der Waals surface area contributed by atoms with E-state index in [9.17, 15) is 9.59 Å². The number of amides is 2. The second-order valence-electron chi connectivity index (χ2n) is 8.25. The maximum atomic E-state index is 13.7. The van der Waals surface area contributed by atoms with Gasteiger partial charge in [0.1, 0.15) is 11.5 Å². The molecule has 4 rings (SSSR count). The van der Waals surface area contributed by atoms with Crippen molar-refractivity contribution in [2.45, 2.75) is 6.92 Å². The highest BCUT2D eigenvalue weighted by atomic mass is 16.5. The topological polar surface area (TPSA) is 62.3 Å². The van der Waals surface area contributed by atoms with Gasteiger partial charge in [0.05, 0.1) is 25.4 Å². The van der Waals surface area contributed by atoms with Gasteiger partial charge in [-0.25, -0.2) is 10.0 Å². The number of benzene rings is 2. The SMILES string of the molecule is COc1cc(OC)cc(/C(C)=C2\C(=O)N(N3CCN(C)CC3)C(=O)\C2=C\c2ccccc2)c1. The van der Waals surface area contributed by atoms with E-state index in [0.29, 0.717) is 41.3 Å². The molecule has 0 spiro atoms. The summed E-state index contributed by atoms with van der Waals surface area (Å²) in [4.78, 5) is 29.5. The van der Waals surface area contributed by atoms with Crippen molar-refractivity contribution in [3.05, 3.63) is 70.8 Å². The molecule has 0 bridgehead atoms. The van der Waals surface area contributed by atoms with E-state index in [2.05, 4.69) is 4.90 Å². The largest absolute Gasteiger partial charge is 0.497 e. The lowest BCUT2D eigenvalue weighted by Crippen LogP contribution is -2.54. The van der Waals surface area contributed by atoms with Crippen LogP contribution >= 0.6 is 0 Å². The average Bonchev–Trinajstić information content (AvgIpc) is 3.08. The number of hydrazine groups is 1. The fraction of sp³-hybridized carbons (Fsp3) is 0.308. The molecule has 7 nitrogen and oxygen atoms in total. The number of imide groups is 1. The van der Waals surface area contributed by atoms with E-state index < -0.39 is 0 Å². The van der Waals surface area contributed by atoms with E-state index in [4.69, 9.17) is 9.47 Å². The van der Waals surface area contributed by atoms with Crippen molar-refractivity contribution in [1.29, 1.82) is 0 Å². The van der Waals surface area contributed by atoms with Crippen LogP contribution in [0.2, 0.25) is 0 Å². The first-order valence-electron chi connectivity index (χ1n) is 11.0. The Bertz CT molecular complexity index is 1090. The van der Waals surface area contributed by atoms with E-state index in [1.807, 2.05) is 61.4 Å². The lowest BCUT2D eigenvalue weighted by atomic mass is 9.95. The molecule has 0 radical (unpaired) electrons. The summed E-state index contributed by atoms with van der Waals surface area (Å²) in [6.45, 7) is 4.68. The third-order valence-electron chi connectivity index (χ3n) is 6.13. The number of carbonyl (C=O) groups is 2. The molecule has 0 N–H and O–H groups in total. The fourth-order valence-electron chi connectivity index (χ4n) is 4.17. The van der Waals surface area contributed by atoms with Crippen molar-refractivity contribution in [1.82, 2.24) is 14.9 Å². The maximum absolute atomic E-state index is 13.7. The number of rotatable bonds is 5. The zero-order valence-corrected chi connectivity index (χ0v) is 19.5. The van der Waals surface area contributed by atoms with Crippen LogP contribution in [0.5, 0.6) is 11.5 Å². The second-order valence-corrected chi connectivity index (χ2v) is 8.25. The number of piperazine rings is 1. The Kier molecular flexibility index (Phi) is 6.62. The Balaban J connectivity index is 1.85. The van der Waals surface area contributed by atoms with Crippen LogP contribution in [0.4, 0.5) is 0 Å². The summed E-state index contributed by atoms with van der Waals surface area (Å²) < 4.78 is 10.8. The Morgan fingerprint density at radius 2 is 1.48 bits per heavy atom. The van der Waals surface area contributed by atoms with Crippen LogP contribution in [0.25, 0.3) is 11.6 Å². The van der Waals surface area contributed by atoms with E-state index in [1.54, 1.807) is 26.4 Å². The molecule has 2 saturated heterocycles. The number of ether oxygens (including phenoxy) is 2. The first-order valence-corrected chi connectivity index (χ1v) is 11.0. The summed E-state index contributed by atoms with van der Waals surface area (Å²) in [5, 5.41) is 3.17. The minimum Gasteiger partial charge on any atom is -0.497 e. The van der Waals surface area contributed by atoms with Gasteiger partial charge < -0.3 is 14.4 Å². The molecular formula is C26H29N3O4. The summed E-state index contributed by atoms with van der Waals surface area (Å²) in [6.07, 6.45) is 1.80. The molecule has 7 heteroatoms. The van der Waals surface area contributed by atoms with Crippen LogP contribution in [-0.4, -0.2) is 74.2 Å². The van der Waals surface area contributed by atoms with E-state index >= 15 is 0 Å². The van der Waals surface area contributed by atoms with Crippen LogP contribution in [0.15, 0.2) is 59.7 Å². The van der Waals surface area contributed by atoms with Crippen molar-refractivity contribution in [3.8, 4) is 11.5 Å². The standard InChI is InChI=1S/C26H29N3O4/c1-18(20-15-21(32-3)17-22(16-20)33-4)24-23(14-19-8-6-5-7-9-19)25(30)29(26(24)31)28-12-10-27(2)11-13-28/h5-9,14-17H,10-13H2,1-4H3/b23-14+,24-18-. The smallest absolute Gasteiger partial charge is 0.276 e. The third-order valence-corrected chi connectivity index (χ3v) is 6.13. The highest BCUT2D eigenvalue weighted by Crippen LogP contribution is 2.36. The average molecular weight is 448 g/mol. The number of hydrogen-bond donors (Lipinski definition) is 0. The van der Waals surface area contributed by atoms with Crippen molar-refractivity contribution >= 4 is 23.5 Å². The van der Waals surface area contributed by atoms with Crippen LogP contribution in [0.3, 0.4) is 0 Å². The number of allylic oxidation sites excluding steroid dienone is 1. The van der Waals surface area contributed by atoms with Crippen molar-refractivity contribution < 1.29 is 19.1 Å². The van der Waals surface area contributed by atoms with E-state index in [1.165, 1.54) is 5.01 Å². The molecular weight excluding hydrogens is 418 g/mol. The van der Waals surface area contributed by atoms with Gasteiger partial charge in [-0.1, -0.05) is 30.3 Å². The normalized spacial score (nSPS) is 20.5. The monoisotopic (exact) mass is 447 g/mol. The molecule has 2 heterocycles. The lowest BCUT2D eigenvalue weighted by Gasteiger charge is -2.36. The molecule has 0 atom stereocenters. The minimum atomic E-state index is -0.300. The van der Waals surface area contributed by atoms with Crippen molar-refractivity contribution in [2.75, 3.05) is 47.4 Å². The highest BCUT2D eigenvalue weighted by molar-refractivity contribution is 6.28. The van der Waals surface area contributed by atoms with Gasteiger partial charge in [0.15, 0.2) is 0 Å². The molecule has 2 aromatic rings. The number of likely N-dealkylation sites (N-methyl/N-ethyl adjacent to an activating group) is 1. The van der Waals surface area contributed by atoms with Gasteiger partial charge in [-0.05, 0) is 48.9 Å². The van der Waals surface area contributed by atoms with Gasteiger partial charge in [0.25, 0.3) is 11.8 Å². The summed E-state index contributed by atoms with van der Waals surface area (Å²) in [7, 11) is 5.21. The highest BCUT2D eigenvalue weighted by Gasteiger charge is 2.44. The van der Waals surface area contributed by atoms with Crippen LogP contribution in [0, 0.1) is 0 Å². The molecule has 0 saturated carbocycles. The van der Waals surface area contributed by atoms with Crippen molar-refractivity contribution in [3.63, 3.8) is 0 Å². The predicted octanol–water partition coefficient (Wildman–Crippen LogP) is 3.09. The maximum Gasteiger partial charge on any atom is 0.276 e. The van der Waals surface area contributed by atoms with E-state index in [0.717, 1.165) is 24.2 Å². The first kappa shape index (κ1) is 22.8. The molecule has 172 valence electrons. The van der Waals surface area contributed by atoms with Gasteiger partial charge in [-0.3, -0.25) is 9.59 Å². The minimum absolute atomic E-state index is 0.294. The predicted molar refractivity (Wildman–Crippen MR) is 127 cm³/mol. The summed E-state index contributed by atoms with van der Waals surface area (Å²) in [6, 6.07) is 15.1. The van der Waals surface area contributed by atoms with Crippen LogP contribution in [0.1, 0.15) is 18.1 Å². The molecule has 2 aliphatic rings. The Morgan fingerprint density at radius 3 is 2.06 bits per heavy atom. The molecule has 0 aromatic heterocycles. The number of hydrogen-bond acceptors (Lipinski definition) is 6. The Morgan fingerprint density at radius 1 is 0.879 bits per heavy atom. The summed E-state index contributed by atoms with van der Waals surface area (Å²) >= 11 is 0. The summed E-state index contributed by atoms with van der Waals surface area (Å²) in [5.41, 5.74) is 3.12. The molecule has 2 aliphatic heterocycles. The lowest BCUT2D eigenvalue weighted by molar-refractivity contribution is -0.157. The fourth-order valence-corrected chi connectivity index (χ4v) is 4.17. The summed E-state index contributed by atoms with van der Waals surface area (Å²) in [5.74, 6) is 0.639. The third kappa shape index (κ3) is 4.55. The van der Waals surface area contributed by atoms with Crippen LogP contribution in [-0.2, 0) is 9.59 Å². The number of carbonyl (C=O) groups excluding carboxylic acids is 2. The number of nitrogens with zero attached hydrogens (tertiary/aromatic N) is 3. The molecule has 0 unspecified atom stereocenters. The van der Waals surface area contributed by atoms with Gasteiger partial charge in [0.2, 0.25) is 0 Å². The second kappa shape index (κ2) is 9.60. The number of methoxy groups -OCH3 is 2. The molecule has 0 aliphatic carbocycles. The van der Waals surface area contributed by atoms with Gasteiger partial charge in [0, 0.05) is 32.2 Å². The van der Waals surface area contributed by atoms with E-state index in [-0.39, 0.29) is 11.8 Å². The zero-order valence-electron chi connectivity index (χ0n) is 19.5. The molecule has 2 aromatic carbocycles. The molecule has 33 heavy (non-hydrogen) atoms. The van der Waals surface area contributed by atoms with Gasteiger partial charge >= 0.3 is 0 Å². The Hall–Kier alpha value is -3.42. The Labute approximate surface area is 194 Å². The zero-order chi connectivity index (χ0) is 23.5. The van der Waals surface area contributed by atoms with Crippen molar-refractivity contribution in [2.24, 2.45) is 0 Å². The van der Waals surface area contributed by atoms with Gasteiger partial charge in [-0.2, -0.15) is 0 Å². The molecule has 2 amide bonds. The quantitative estimate of drug-likeness (QED) is 0.519. The van der Waals surface area contributed by atoms with Gasteiger partial charge in [-0.15, -0.1) is 0 Å².